The fourth-order valence-electron chi connectivity index (χ4n) is 8.11. The zero-order valence-corrected chi connectivity index (χ0v) is 31.2. The lowest BCUT2D eigenvalue weighted by Gasteiger charge is -2.26. The molecule has 0 unspecified atom stereocenters. The molecular weight excluding hydrogens is 701 g/mol. The molecule has 0 saturated carbocycles. The number of nitrogens with zero attached hydrogens (tertiary/aromatic N) is 2. The topological polar surface area (TPSA) is 19.6 Å². The third kappa shape index (κ3) is 5.58. The van der Waals surface area contributed by atoms with Crippen LogP contribution >= 0.6 is 11.3 Å². The zero-order valence-electron chi connectivity index (χ0n) is 30.3. The zero-order chi connectivity index (χ0) is 37.0. The Morgan fingerprint density at radius 2 is 0.786 bits per heavy atom. The minimum Gasteiger partial charge on any atom is -0.456 e. The lowest BCUT2D eigenvalue weighted by molar-refractivity contribution is 0.669. The van der Waals surface area contributed by atoms with Crippen LogP contribution in [0.5, 0.6) is 0 Å². The van der Waals surface area contributed by atoms with E-state index in [9.17, 15) is 0 Å². The van der Waals surface area contributed by atoms with Crippen molar-refractivity contribution in [3.8, 4) is 11.1 Å². The normalized spacial score (nSPS) is 11.6. The van der Waals surface area contributed by atoms with Crippen molar-refractivity contribution in [1.82, 2.24) is 0 Å². The number of hydrogen-bond acceptors (Lipinski definition) is 4. The first kappa shape index (κ1) is 32.3. The molecule has 3 nitrogen and oxygen atoms in total. The summed E-state index contributed by atoms with van der Waals surface area (Å²) in [5, 5.41) is 7.25. The summed E-state index contributed by atoms with van der Waals surface area (Å²) in [6.07, 6.45) is 0. The molecule has 0 bridgehead atoms. The Balaban J connectivity index is 1.03. The van der Waals surface area contributed by atoms with Crippen LogP contribution in [0, 0.1) is 0 Å². The maximum atomic E-state index is 6.75. The summed E-state index contributed by atoms with van der Waals surface area (Å²) in [7, 11) is 0. The molecule has 56 heavy (non-hydrogen) atoms. The van der Waals surface area contributed by atoms with Crippen LogP contribution in [0.4, 0.5) is 34.1 Å². The third-order valence-electron chi connectivity index (χ3n) is 10.8. The number of para-hydroxylation sites is 2. The van der Waals surface area contributed by atoms with Crippen molar-refractivity contribution in [2.24, 2.45) is 0 Å². The quantitative estimate of drug-likeness (QED) is 0.163. The molecule has 0 spiro atoms. The van der Waals surface area contributed by atoms with Gasteiger partial charge in [-0.25, -0.2) is 0 Å². The standard InChI is InChI=1S/C52H34N2OS/c1-3-13-39(14-4-1)53(40-15-5-2-6-16-40)42-25-28-45-46-29-26-43(33-50(46)55-49(45)32-42)54(44-27-30-48-47-17-9-10-18-51(47)56-52(48)34-44)41-23-21-36(22-24-41)38-20-19-35-11-7-8-12-37(35)31-38/h1-34H. The summed E-state index contributed by atoms with van der Waals surface area (Å²) in [6, 6.07) is 73.8. The number of fused-ring (bicyclic) bond motifs is 7. The molecule has 0 N–H and O–H groups in total. The molecule has 0 aliphatic carbocycles. The lowest BCUT2D eigenvalue weighted by atomic mass is 10.0. The summed E-state index contributed by atoms with van der Waals surface area (Å²) >= 11 is 1.84. The number of furan rings is 1. The monoisotopic (exact) mass is 734 g/mol. The molecule has 0 fully saturated rings. The molecule has 11 rings (SSSR count). The highest BCUT2D eigenvalue weighted by Crippen LogP contribution is 2.44. The molecule has 0 amide bonds. The Bertz CT molecular complexity index is 3160. The smallest absolute Gasteiger partial charge is 0.137 e. The number of rotatable bonds is 7. The average molecular weight is 735 g/mol. The van der Waals surface area contributed by atoms with E-state index < -0.39 is 0 Å². The van der Waals surface area contributed by atoms with E-state index in [2.05, 4.69) is 216 Å². The second-order valence-corrected chi connectivity index (χ2v) is 15.3. The fraction of sp³-hybridized carbons (Fsp3) is 0. The second kappa shape index (κ2) is 13.3. The van der Waals surface area contributed by atoms with Gasteiger partial charge < -0.3 is 14.2 Å². The Hall–Kier alpha value is -7.14. The first-order chi connectivity index (χ1) is 27.7. The van der Waals surface area contributed by atoms with Gasteiger partial charge in [0.05, 0.1) is 0 Å². The van der Waals surface area contributed by atoms with Crippen molar-refractivity contribution in [3.05, 3.63) is 206 Å². The minimum absolute atomic E-state index is 0.848. The summed E-state index contributed by atoms with van der Waals surface area (Å²) in [4.78, 5) is 4.62. The first-order valence-electron chi connectivity index (χ1n) is 18.9. The highest BCUT2D eigenvalue weighted by molar-refractivity contribution is 7.25. The molecule has 4 heteroatoms. The van der Waals surface area contributed by atoms with Gasteiger partial charge >= 0.3 is 0 Å². The first-order valence-corrected chi connectivity index (χ1v) is 19.7. The predicted octanol–water partition coefficient (Wildman–Crippen LogP) is 15.7. The van der Waals surface area contributed by atoms with Gasteiger partial charge in [-0.15, -0.1) is 11.3 Å². The van der Waals surface area contributed by atoms with Crippen LogP contribution in [0.1, 0.15) is 0 Å². The molecule has 264 valence electrons. The number of thiophene rings is 1. The molecule has 0 radical (unpaired) electrons. The van der Waals surface area contributed by atoms with Gasteiger partial charge in [0.1, 0.15) is 11.2 Å². The van der Waals surface area contributed by atoms with Crippen LogP contribution in [0.15, 0.2) is 211 Å². The molecule has 11 aromatic rings. The van der Waals surface area contributed by atoms with Crippen LogP contribution in [0.3, 0.4) is 0 Å². The van der Waals surface area contributed by atoms with Gasteiger partial charge in [0.2, 0.25) is 0 Å². The average Bonchev–Trinajstić information content (AvgIpc) is 3.82. The van der Waals surface area contributed by atoms with Crippen LogP contribution < -0.4 is 9.80 Å². The van der Waals surface area contributed by atoms with Gasteiger partial charge in [0.25, 0.3) is 0 Å². The second-order valence-electron chi connectivity index (χ2n) is 14.2. The van der Waals surface area contributed by atoms with Crippen LogP contribution in [-0.4, -0.2) is 0 Å². The van der Waals surface area contributed by atoms with E-state index in [4.69, 9.17) is 4.42 Å². The fourth-order valence-corrected chi connectivity index (χ4v) is 9.25. The SMILES string of the molecule is c1ccc(N(c2ccccc2)c2ccc3c(c2)oc2cc(N(c4ccc(-c5ccc6ccccc6c5)cc4)c4ccc5c(c4)sc4ccccc45)ccc23)cc1. The number of benzene rings is 9. The Morgan fingerprint density at radius 1 is 0.304 bits per heavy atom. The van der Waals surface area contributed by atoms with E-state index in [-0.39, 0.29) is 0 Å². The van der Waals surface area contributed by atoms with E-state index >= 15 is 0 Å². The van der Waals surface area contributed by atoms with E-state index in [1.54, 1.807) is 0 Å². The maximum Gasteiger partial charge on any atom is 0.137 e. The van der Waals surface area contributed by atoms with Crippen molar-refractivity contribution in [2.75, 3.05) is 9.80 Å². The largest absolute Gasteiger partial charge is 0.456 e. The number of hydrogen-bond donors (Lipinski definition) is 0. The highest BCUT2D eigenvalue weighted by Gasteiger charge is 2.19. The predicted molar refractivity (Wildman–Crippen MR) is 239 cm³/mol. The van der Waals surface area contributed by atoms with Crippen molar-refractivity contribution in [1.29, 1.82) is 0 Å². The van der Waals surface area contributed by atoms with Gasteiger partial charge in [-0.05, 0) is 107 Å². The molecule has 9 aromatic carbocycles. The van der Waals surface area contributed by atoms with E-state index in [0.717, 1.165) is 56.1 Å². The Labute approximate surface area is 328 Å². The van der Waals surface area contributed by atoms with Gasteiger partial charge in [0, 0.05) is 77.2 Å². The highest BCUT2D eigenvalue weighted by atomic mass is 32.1. The van der Waals surface area contributed by atoms with Crippen molar-refractivity contribution < 1.29 is 4.42 Å². The summed E-state index contributed by atoms with van der Waals surface area (Å²) in [5.74, 6) is 0. The Morgan fingerprint density at radius 3 is 1.46 bits per heavy atom. The molecule has 0 atom stereocenters. The molecule has 2 heterocycles. The molecule has 0 saturated heterocycles. The van der Waals surface area contributed by atoms with E-state index in [1.165, 1.54) is 42.1 Å². The van der Waals surface area contributed by atoms with Crippen LogP contribution in [0.25, 0.3) is 64.0 Å². The van der Waals surface area contributed by atoms with Crippen molar-refractivity contribution in [2.45, 2.75) is 0 Å². The Kier molecular flexibility index (Phi) is 7.68. The van der Waals surface area contributed by atoms with Gasteiger partial charge in [-0.3, -0.25) is 0 Å². The number of anilines is 6. The summed E-state index contributed by atoms with van der Waals surface area (Å²) in [5.41, 5.74) is 10.5. The molecular formula is C52H34N2OS. The summed E-state index contributed by atoms with van der Waals surface area (Å²) < 4.78 is 9.31. The van der Waals surface area contributed by atoms with E-state index in [1.807, 2.05) is 11.3 Å². The van der Waals surface area contributed by atoms with Crippen LogP contribution in [0.2, 0.25) is 0 Å². The molecule has 0 aliphatic heterocycles. The molecule has 2 aromatic heterocycles. The van der Waals surface area contributed by atoms with Gasteiger partial charge in [-0.2, -0.15) is 0 Å². The third-order valence-corrected chi connectivity index (χ3v) is 11.9. The van der Waals surface area contributed by atoms with Crippen molar-refractivity contribution >= 4 is 98.3 Å². The van der Waals surface area contributed by atoms with Crippen molar-refractivity contribution in [3.63, 3.8) is 0 Å². The summed E-state index contributed by atoms with van der Waals surface area (Å²) in [6.45, 7) is 0. The minimum atomic E-state index is 0.848. The van der Waals surface area contributed by atoms with Gasteiger partial charge in [-0.1, -0.05) is 109 Å². The van der Waals surface area contributed by atoms with Crippen LogP contribution in [-0.2, 0) is 0 Å². The maximum absolute atomic E-state index is 6.75. The van der Waals surface area contributed by atoms with E-state index in [0.29, 0.717) is 0 Å². The lowest BCUT2D eigenvalue weighted by Crippen LogP contribution is -2.09. The molecule has 0 aliphatic rings. The van der Waals surface area contributed by atoms with Gasteiger partial charge in [0.15, 0.2) is 0 Å².